The van der Waals surface area contributed by atoms with Gasteiger partial charge in [0.25, 0.3) is 5.91 Å². The number of nitrogens with zero attached hydrogens (tertiary/aromatic N) is 1. The lowest BCUT2D eigenvalue weighted by molar-refractivity contribution is -0.142. The number of rotatable bonds is 8. The van der Waals surface area contributed by atoms with E-state index in [1.54, 1.807) is 31.2 Å². The third-order valence-electron chi connectivity index (χ3n) is 4.13. The van der Waals surface area contributed by atoms with Gasteiger partial charge in [0.2, 0.25) is 5.91 Å². The van der Waals surface area contributed by atoms with Crippen LogP contribution < -0.4 is 10.1 Å². The number of benzene rings is 2. The third-order valence-corrected chi connectivity index (χ3v) is 4.38. The maximum Gasteiger partial charge on any atom is 0.261 e. The molecular weight excluding hydrogens is 364 g/mol. The van der Waals surface area contributed by atoms with E-state index in [9.17, 15) is 9.59 Å². The Morgan fingerprint density at radius 2 is 1.89 bits per heavy atom. The molecule has 0 heterocycles. The van der Waals surface area contributed by atoms with Gasteiger partial charge >= 0.3 is 0 Å². The molecule has 2 amide bonds. The van der Waals surface area contributed by atoms with Crippen LogP contribution in [0.5, 0.6) is 5.75 Å². The lowest BCUT2D eigenvalue weighted by Crippen LogP contribution is -2.49. The number of aryl methyl sites for hydroxylation is 1. The maximum atomic E-state index is 12.8. The van der Waals surface area contributed by atoms with Crippen LogP contribution in [-0.2, 0) is 16.1 Å². The average Bonchev–Trinajstić information content (AvgIpc) is 2.65. The molecule has 2 aromatic rings. The van der Waals surface area contributed by atoms with Crippen molar-refractivity contribution in [1.82, 2.24) is 10.2 Å². The number of likely N-dealkylation sites (N-methyl/N-ethyl adjacent to an activating group) is 1. The van der Waals surface area contributed by atoms with Gasteiger partial charge in [0.1, 0.15) is 11.8 Å². The number of carbonyl (C=O) groups excluding carboxylic acids is 2. The lowest BCUT2D eigenvalue weighted by atomic mass is 10.1. The first-order valence-electron chi connectivity index (χ1n) is 8.91. The Hall–Kier alpha value is -2.53. The molecule has 144 valence electrons. The summed E-state index contributed by atoms with van der Waals surface area (Å²) in [6.07, 6.45) is 0. The molecule has 0 aliphatic heterocycles. The first-order valence-corrected chi connectivity index (χ1v) is 9.29. The van der Waals surface area contributed by atoms with Crippen LogP contribution in [0.2, 0.25) is 5.02 Å². The van der Waals surface area contributed by atoms with E-state index in [1.165, 1.54) is 4.90 Å². The van der Waals surface area contributed by atoms with E-state index in [-0.39, 0.29) is 18.4 Å². The molecule has 0 aliphatic carbocycles. The highest BCUT2D eigenvalue weighted by atomic mass is 35.5. The Morgan fingerprint density at radius 1 is 1.19 bits per heavy atom. The lowest BCUT2D eigenvalue weighted by Gasteiger charge is -2.28. The van der Waals surface area contributed by atoms with Gasteiger partial charge < -0.3 is 15.0 Å². The Balaban J connectivity index is 2.12. The van der Waals surface area contributed by atoms with E-state index in [0.717, 1.165) is 11.1 Å². The molecule has 0 spiro atoms. The summed E-state index contributed by atoms with van der Waals surface area (Å²) in [4.78, 5) is 26.7. The smallest absolute Gasteiger partial charge is 0.261 e. The molecule has 1 N–H and O–H groups in total. The van der Waals surface area contributed by atoms with Crippen molar-refractivity contribution in [3.05, 3.63) is 64.7 Å². The van der Waals surface area contributed by atoms with Gasteiger partial charge in [-0.1, -0.05) is 41.4 Å². The summed E-state index contributed by atoms with van der Waals surface area (Å²) >= 11 is 5.86. The zero-order valence-electron chi connectivity index (χ0n) is 15.9. The quantitative estimate of drug-likeness (QED) is 0.751. The molecule has 6 heteroatoms. The fraction of sp³-hybridized carbons (Fsp3) is 0.333. The number of amides is 2. The Labute approximate surface area is 165 Å². The zero-order valence-corrected chi connectivity index (χ0v) is 16.6. The fourth-order valence-corrected chi connectivity index (χ4v) is 2.80. The number of hydrogen-bond donors (Lipinski definition) is 1. The van der Waals surface area contributed by atoms with Crippen LogP contribution in [0.25, 0.3) is 0 Å². The van der Waals surface area contributed by atoms with Gasteiger partial charge in [-0.3, -0.25) is 9.59 Å². The summed E-state index contributed by atoms with van der Waals surface area (Å²) in [5.41, 5.74) is 2.06. The Morgan fingerprint density at radius 3 is 2.52 bits per heavy atom. The minimum Gasteiger partial charge on any atom is -0.484 e. The topological polar surface area (TPSA) is 58.6 Å². The second kappa shape index (κ2) is 9.97. The van der Waals surface area contributed by atoms with Gasteiger partial charge in [-0.15, -0.1) is 0 Å². The standard InChI is InChI=1S/C21H25ClN2O3/c1-4-23-21(26)16(3)24(13-17-7-5-6-15(2)12-17)20(25)14-27-19-10-8-18(22)9-11-19/h5-12,16H,4,13-14H2,1-3H3,(H,23,26)/t16-/m1/s1. The maximum absolute atomic E-state index is 12.8. The highest BCUT2D eigenvalue weighted by Crippen LogP contribution is 2.16. The van der Waals surface area contributed by atoms with Crippen molar-refractivity contribution < 1.29 is 14.3 Å². The molecule has 0 saturated carbocycles. The average molecular weight is 389 g/mol. The van der Waals surface area contributed by atoms with E-state index >= 15 is 0 Å². The molecule has 0 aromatic heterocycles. The molecule has 0 unspecified atom stereocenters. The third kappa shape index (κ3) is 6.29. The summed E-state index contributed by atoms with van der Waals surface area (Å²) in [6, 6.07) is 14.1. The summed E-state index contributed by atoms with van der Waals surface area (Å²) < 4.78 is 5.57. The van der Waals surface area contributed by atoms with Gasteiger partial charge in [0, 0.05) is 18.1 Å². The van der Waals surface area contributed by atoms with Crippen LogP contribution >= 0.6 is 11.6 Å². The molecule has 0 fully saturated rings. The Bertz CT molecular complexity index is 777. The Kier molecular flexibility index (Phi) is 7.67. The minimum absolute atomic E-state index is 0.156. The van der Waals surface area contributed by atoms with Crippen molar-refractivity contribution in [2.45, 2.75) is 33.4 Å². The second-order valence-electron chi connectivity index (χ2n) is 6.32. The van der Waals surface area contributed by atoms with Gasteiger partial charge in [0.05, 0.1) is 0 Å². The summed E-state index contributed by atoms with van der Waals surface area (Å²) in [6.45, 7) is 6.26. The minimum atomic E-state index is -0.605. The van der Waals surface area contributed by atoms with Crippen molar-refractivity contribution in [1.29, 1.82) is 0 Å². The van der Waals surface area contributed by atoms with Crippen LogP contribution in [0.4, 0.5) is 0 Å². The van der Waals surface area contributed by atoms with Crippen LogP contribution in [0, 0.1) is 6.92 Å². The van der Waals surface area contributed by atoms with Crippen molar-refractivity contribution in [3.63, 3.8) is 0 Å². The molecule has 2 aromatic carbocycles. The monoisotopic (exact) mass is 388 g/mol. The molecule has 0 bridgehead atoms. The fourth-order valence-electron chi connectivity index (χ4n) is 2.67. The molecule has 0 radical (unpaired) electrons. The SMILES string of the molecule is CCNC(=O)[C@@H](C)N(Cc1cccc(C)c1)C(=O)COc1ccc(Cl)cc1. The summed E-state index contributed by atoms with van der Waals surface area (Å²) in [5, 5.41) is 3.37. The molecular formula is C21H25ClN2O3. The highest BCUT2D eigenvalue weighted by molar-refractivity contribution is 6.30. The molecule has 0 aliphatic rings. The highest BCUT2D eigenvalue weighted by Gasteiger charge is 2.26. The van der Waals surface area contributed by atoms with E-state index in [0.29, 0.717) is 23.9 Å². The molecule has 2 rings (SSSR count). The van der Waals surface area contributed by atoms with Gasteiger partial charge in [0.15, 0.2) is 6.61 Å². The van der Waals surface area contributed by atoms with Gasteiger partial charge in [-0.25, -0.2) is 0 Å². The van der Waals surface area contributed by atoms with Crippen LogP contribution in [0.1, 0.15) is 25.0 Å². The predicted octanol–water partition coefficient (Wildman–Crippen LogP) is 3.58. The van der Waals surface area contributed by atoms with E-state index in [4.69, 9.17) is 16.3 Å². The van der Waals surface area contributed by atoms with Crippen molar-refractivity contribution >= 4 is 23.4 Å². The number of hydrogen-bond acceptors (Lipinski definition) is 3. The number of ether oxygens (including phenoxy) is 1. The molecule has 27 heavy (non-hydrogen) atoms. The molecule has 5 nitrogen and oxygen atoms in total. The van der Waals surface area contributed by atoms with Crippen molar-refractivity contribution in [2.24, 2.45) is 0 Å². The van der Waals surface area contributed by atoms with Gasteiger partial charge in [-0.2, -0.15) is 0 Å². The zero-order chi connectivity index (χ0) is 19.8. The number of carbonyl (C=O) groups is 2. The predicted molar refractivity (Wildman–Crippen MR) is 107 cm³/mol. The van der Waals surface area contributed by atoms with E-state index in [2.05, 4.69) is 5.32 Å². The van der Waals surface area contributed by atoms with E-state index < -0.39 is 6.04 Å². The van der Waals surface area contributed by atoms with Crippen molar-refractivity contribution in [3.8, 4) is 5.75 Å². The molecule has 1 atom stereocenters. The first-order chi connectivity index (χ1) is 12.9. The molecule has 0 saturated heterocycles. The second-order valence-corrected chi connectivity index (χ2v) is 6.76. The first kappa shape index (κ1) is 20.8. The normalized spacial score (nSPS) is 11.6. The summed E-state index contributed by atoms with van der Waals surface area (Å²) in [5.74, 6) is 0.101. The van der Waals surface area contributed by atoms with Crippen molar-refractivity contribution in [2.75, 3.05) is 13.2 Å². The van der Waals surface area contributed by atoms with Crippen LogP contribution in [0.3, 0.4) is 0 Å². The van der Waals surface area contributed by atoms with Crippen LogP contribution in [-0.4, -0.2) is 35.9 Å². The number of nitrogens with one attached hydrogen (secondary N) is 1. The van der Waals surface area contributed by atoms with E-state index in [1.807, 2.05) is 38.1 Å². The summed E-state index contributed by atoms with van der Waals surface area (Å²) in [7, 11) is 0. The number of halogens is 1. The largest absolute Gasteiger partial charge is 0.484 e. The van der Waals surface area contributed by atoms with Gasteiger partial charge in [-0.05, 0) is 50.6 Å². The van der Waals surface area contributed by atoms with Crippen LogP contribution in [0.15, 0.2) is 48.5 Å².